The highest BCUT2D eigenvalue weighted by Crippen LogP contribution is 2.26. The normalized spacial score (nSPS) is 11.6. The van der Waals surface area contributed by atoms with Gasteiger partial charge in [0.1, 0.15) is 12.1 Å². The molecule has 1 unspecified atom stereocenters. The van der Waals surface area contributed by atoms with Crippen molar-refractivity contribution in [1.82, 2.24) is 0 Å². The average Bonchev–Trinajstić information content (AvgIpc) is 2.37. The van der Waals surface area contributed by atoms with E-state index in [0.717, 1.165) is 4.90 Å². The van der Waals surface area contributed by atoms with Crippen molar-refractivity contribution < 1.29 is 14.6 Å². The summed E-state index contributed by atoms with van der Waals surface area (Å²) in [6.07, 6.45) is 1.86. The van der Waals surface area contributed by atoms with Crippen molar-refractivity contribution in [3.63, 3.8) is 0 Å². The monoisotopic (exact) mass is 266 g/mol. The molecule has 18 heavy (non-hydrogen) atoms. The number of nitriles is 1. The van der Waals surface area contributed by atoms with Gasteiger partial charge in [-0.1, -0.05) is 6.07 Å². The number of anilines is 1. The summed E-state index contributed by atoms with van der Waals surface area (Å²) in [5.41, 5.74) is 0.959. The Balaban J connectivity index is 3.03. The SMILES string of the molecule is COCC(Nc1cccc(SC)c1C#N)C(=O)O. The van der Waals surface area contributed by atoms with Crippen LogP contribution in [0.1, 0.15) is 5.56 Å². The first-order valence-corrected chi connectivity index (χ1v) is 6.41. The van der Waals surface area contributed by atoms with E-state index in [1.807, 2.05) is 12.3 Å². The molecule has 0 saturated heterocycles. The van der Waals surface area contributed by atoms with Gasteiger partial charge in [0.2, 0.25) is 0 Å². The van der Waals surface area contributed by atoms with Crippen LogP contribution in [0.3, 0.4) is 0 Å². The van der Waals surface area contributed by atoms with Crippen LogP contribution in [0, 0.1) is 11.3 Å². The van der Waals surface area contributed by atoms with Crippen LogP contribution in [0.15, 0.2) is 23.1 Å². The summed E-state index contributed by atoms with van der Waals surface area (Å²) in [6.45, 7) is 0.0314. The Hall–Kier alpha value is -1.71. The maximum atomic E-state index is 11.0. The molecule has 0 bridgehead atoms. The molecule has 1 atom stereocenters. The standard InChI is InChI=1S/C12H14N2O3S/c1-17-7-10(12(15)16)14-9-4-3-5-11(18-2)8(9)6-13/h3-5,10,14H,7H2,1-2H3,(H,15,16). The summed E-state index contributed by atoms with van der Waals surface area (Å²) in [5.74, 6) is -1.02. The van der Waals surface area contributed by atoms with Crippen LogP contribution in [0.5, 0.6) is 0 Å². The van der Waals surface area contributed by atoms with Gasteiger partial charge in [-0.2, -0.15) is 5.26 Å². The number of carbonyl (C=O) groups is 1. The molecule has 0 heterocycles. The number of aliphatic carboxylic acids is 1. The lowest BCUT2D eigenvalue weighted by Crippen LogP contribution is -2.33. The first-order valence-electron chi connectivity index (χ1n) is 5.19. The lowest BCUT2D eigenvalue weighted by molar-refractivity contribution is -0.139. The predicted molar refractivity (Wildman–Crippen MR) is 69.9 cm³/mol. The number of hydrogen-bond donors (Lipinski definition) is 2. The quantitative estimate of drug-likeness (QED) is 0.764. The fraction of sp³-hybridized carbons (Fsp3) is 0.333. The Morgan fingerprint density at radius 2 is 2.39 bits per heavy atom. The van der Waals surface area contributed by atoms with Crippen LogP contribution in [-0.2, 0) is 9.53 Å². The predicted octanol–water partition coefficient (Wildman–Crippen LogP) is 1.79. The van der Waals surface area contributed by atoms with Crippen molar-refractivity contribution in [2.75, 3.05) is 25.3 Å². The lowest BCUT2D eigenvalue weighted by Gasteiger charge is -2.16. The molecule has 0 spiro atoms. The molecule has 5 nitrogen and oxygen atoms in total. The van der Waals surface area contributed by atoms with Gasteiger partial charge in [0, 0.05) is 12.0 Å². The number of nitrogens with one attached hydrogen (secondary N) is 1. The second kappa shape index (κ2) is 6.89. The van der Waals surface area contributed by atoms with Gasteiger partial charge in [0.05, 0.1) is 17.9 Å². The van der Waals surface area contributed by atoms with Crippen LogP contribution >= 0.6 is 11.8 Å². The van der Waals surface area contributed by atoms with Gasteiger partial charge in [-0.3, -0.25) is 0 Å². The smallest absolute Gasteiger partial charge is 0.328 e. The number of carboxylic acids is 1. The van der Waals surface area contributed by atoms with E-state index in [9.17, 15) is 4.79 Å². The summed E-state index contributed by atoms with van der Waals surface area (Å²) in [4.78, 5) is 11.8. The largest absolute Gasteiger partial charge is 0.480 e. The van der Waals surface area contributed by atoms with E-state index in [1.165, 1.54) is 18.9 Å². The van der Waals surface area contributed by atoms with Gasteiger partial charge in [-0.15, -0.1) is 11.8 Å². The molecular weight excluding hydrogens is 252 g/mol. The number of nitrogens with zero attached hydrogens (tertiary/aromatic N) is 1. The summed E-state index contributed by atoms with van der Waals surface area (Å²) in [5, 5.41) is 21.0. The number of methoxy groups -OCH3 is 1. The molecule has 0 aromatic heterocycles. The van der Waals surface area contributed by atoms with Crippen molar-refractivity contribution in [3.05, 3.63) is 23.8 Å². The van der Waals surface area contributed by atoms with Gasteiger partial charge in [0.25, 0.3) is 0 Å². The Kier molecular flexibility index (Phi) is 5.49. The van der Waals surface area contributed by atoms with E-state index in [1.54, 1.807) is 12.1 Å². The first-order chi connectivity index (χ1) is 8.63. The topological polar surface area (TPSA) is 82.3 Å². The zero-order chi connectivity index (χ0) is 13.5. The Morgan fingerprint density at radius 3 is 2.89 bits per heavy atom. The maximum absolute atomic E-state index is 11.0. The maximum Gasteiger partial charge on any atom is 0.328 e. The van der Waals surface area contributed by atoms with Crippen molar-refractivity contribution >= 4 is 23.4 Å². The van der Waals surface area contributed by atoms with Crippen LogP contribution < -0.4 is 5.32 Å². The molecular formula is C12H14N2O3S. The molecule has 1 aromatic carbocycles. The number of benzene rings is 1. The third kappa shape index (κ3) is 3.39. The van der Waals surface area contributed by atoms with E-state index in [0.29, 0.717) is 11.3 Å². The van der Waals surface area contributed by atoms with Gasteiger partial charge >= 0.3 is 5.97 Å². The molecule has 0 aliphatic heterocycles. The van der Waals surface area contributed by atoms with Crippen molar-refractivity contribution in [2.45, 2.75) is 10.9 Å². The van der Waals surface area contributed by atoms with E-state index < -0.39 is 12.0 Å². The van der Waals surface area contributed by atoms with E-state index in [-0.39, 0.29) is 6.61 Å². The highest BCUT2D eigenvalue weighted by molar-refractivity contribution is 7.98. The van der Waals surface area contributed by atoms with E-state index in [2.05, 4.69) is 11.4 Å². The minimum absolute atomic E-state index is 0.0314. The van der Waals surface area contributed by atoms with Crippen LogP contribution in [0.4, 0.5) is 5.69 Å². The molecule has 0 fully saturated rings. The minimum Gasteiger partial charge on any atom is -0.480 e. The molecule has 1 rings (SSSR count). The summed E-state index contributed by atoms with van der Waals surface area (Å²) >= 11 is 1.44. The third-order valence-corrected chi connectivity index (χ3v) is 3.10. The fourth-order valence-electron chi connectivity index (χ4n) is 1.47. The summed E-state index contributed by atoms with van der Waals surface area (Å²) in [6, 6.07) is 6.49. The van der Waals surface area contributed by atoms with Crippen molar-refractivity contribution in [2.24, 2.45) is 0 Å². The Labute approximate surface area is 110 Å². The zero-order valence-electron chi connectivity index (χ0n) is 10.1. The highest BCUT2D eigenvalue weighted by atomic mass is 32.2. The van der Waals surface area contributed by atoms with Gasteiger partial charge in [-0.25, -0.2) is 4.79 Å². The van der Waals surface area contributed by atoms with Crippen LogP contribution in [-0.4, -0.2) is 37.1 Å². The second-order valence-corrected chi connectivity index (χ2v) is 4.33. The molecule has 0 saturated carbocycles. The first kappa shape index (κ1) is 14.4. The Bertz CT molecular complexity index is 471. The zero-order valence-corrected chi connectivity index (χ0v) is 11.0. The molecule has 0 radical (unpaired) electrons. The number of thioether (sulfide) groups is 1. The van der Waals surface area contributed by atoms with E-state index >= 15 is 0 Å². The second-order valence-electron chi connectivity index (χ2n) is 3.49. The molecule has 6 heteroatoms. The molecule has 1 aromatic rings. The summed E-state index contributed by atoms with van der Waals surface area (Å²) in [7, 11) is 1.43. The van der Waals surface area contributed by atoms with Gasteiger partial charge in [0.15, 0.2) is 0 Å². The molecule has 0 aliphatic rings. The van der Waals surface area contributed by atoms with Crippen molar-refractivity contribution in [1.29, 1.82) is 5.26 Å². The average molecular weight is 266 g/mol. The summed E-state index contributed by atoms with van der Waals surface area (Å²) < 4.78 is 4.84. The van der Waals surface area contributed by atoms with E-state index in [4.69, 9.17) is 15.1 Å². The van der Waals surface area contributed by atoms with Crippen LogP contribution in [0.25, 0.3) is 0 Å². The van der Waals surface area contributed by atoms with Crippen LogP contribution in [0.2, 0.25) is 0 Å². The molecule has 2 N–H and O–H groups in total. The lowest BCUT2D eigenvalue weighted by atomic mass is 10.1. The number of rotatable bonds is 6. The third-order valence-electron chi connectivity index (χ3n) is 2.32. The number of ether oxygens (including phenoxy) is 1. The minimum atomic E-state index is -1.02. The number of carboxylic acid groups (broad SMARTS) is 1. The van der Waals surface area contributed by atoms with Crippen molar-refractivity contribution in [3.8, 4) is 6.07 Å². The molecule has 0 aliphatic carbocycles. The fourth-order valence-corrected chi connectivity index (χ4v) is 2.04. The highest BCUT2D eigenvalue weighted by Gasteiger charge is 2.19. The Morgan fingerprint density at radius 1 is 1.67 bits per heavy atom. The van der Waals surface area contributed by atoms with Gasteiger partial charge < -0.3 is 15.2 Å². The van der Waals surface area contributed by atoms with Gasteiger partial charge in [-0.05, 0) is 18.4 Å². The number of hydrogen-bond acceptors (Lipinski definition) is 5. The molecule has 0 amide bonds. The molecule has 96 valence electrons.